The Hall–Kier alpha value is -1.15. The van der Waals surface area contributed by atoms with Crippen molar-refractivity contribution in [2.75, 3.05) is 13.1 Å². The summed E-state index contributed by atoms with van der Waals surface area (Å²) in [4.78, 5) is 14.9. The van der Waals surface area contributed by atoms with Gasteiger partial charge in [0.2, 0.25) is 0 Å². The summed E-state index contributed by atoms with van der Waals surface area (Å²) in [7, 11) is 0. The van der Waals surface area contributed by atoms with E-state index < -0.39 is 0 Å². The molecule has 90 valence electrons. The number of rotatable bonds is 1. The maximum Gasteiger partial charge on any atom is 0.157 e. The molecule has 3 rings (SSSR count). The maximum absolute atomic E-state index is 12.5. The Kier molecular flexibility index (Phi) is 2.98. The minimum atomic E-state index is 0.149. The van der Waals surface area contributed by atoms with Gasteiger partial charge in [0.15, 0.2) is 5.78 Å². The second kappa shape index (κ2) is 4.61. The molecular weight excluding hydrogens is 210 g/mol. The highest BCUT2D eigenvalue weighted by molar-refractivity contribution is 5.91. The van der Waals surface area contributed by atoms with Crippen LogP contribution in [0.5, 0.6) is 0 Å². The van der Waals surface area contributed by atoms with Crippen LogP contribution < -0.4 is 0 Å². The number of piperidine rings is 2. The van der Waals surface area contributed by atoms with E-state index in [0.29, 0.717) is 5.78 Å². The summed E-state index contributed by atoms with van der Waals surface area (Å²) < 4.78 is 0. The number of hydrogen-bond donors (Lipinski definition) is 0. The van der Waals surface area contributed by atoms with Crippen molar-refractivity contribution in [3.05, 3.63) is 35.9 Å². The first-order valence-electron chi connectivity index (χ1n) is 6.69. The Labute approximate surface area is 103 Å². The molecule has 0 aliphatic carbocycles. The lowest BCUT2D eigenvalue weighted by molar-refractivity contribution is -0.130. The first kappa shape index (κ1) is 11.0. The first-order valence-corrected chi connectivity index (χ1v) is 6.69. The van der Waals surface area contributed by atoms with Gasteiger partial charge in [0.05, 0.1) is 6.04 Å². The van der Waals surface area contributed by atoms with Crippen LogP contribution in [0.4, 0.5) is 0 Å². The normalized spacial score (nSPS) is 30.0. The number of carbonyl (C=O) groups excluding carboxylic acids is 1. The average Bonchev–Trinajstić information content (AvgIpc) is 2.40. The molecule has 0 bridgehead atoms. The Morgan fingerprint density at radius 3 is 2.65 bits per heavy atom. The lowest BCUT2D eigenvalue weighted by atomic mass is 9.81. The van der Waals surface area contributed by atoms with Gasteiger partial charge in [-0.2, -0.15) is 0 Å². The van der Waals surface area contributed by atoms with Crippen molar-refractivity contribution in [2.24, 2.45) is 0 Å². The molecule has 2 aliphatic heterocycles. The van der Waals surface area contributed by atoms with E-state index in [4.69, 9.17) is 0 Å². The van der Waals surface area contributed by atoms with Crippen molar-refractivity contribution in [3.8, 4) is 0 Å². The second-order valence-electron chi connectivity index (χ2n) is 5.20. The monoisotopic (exact) mass is 229 g/mol. The second-order valence-corrected chi connectivity index (χ2v) is 5.20. The number of hydrogen-bond acceptors (Lipinski definition) is 2. The number of ketones is 1. The van der Waals surface area contributed by atoms with E-state index in [-0.39, 0.29) is 12.0 Å². The summed E-state index contributed by atoms with van der Waals surface area (Å²) in [6.07, 6.45) is 4.55. The van der Waals surface area contributed by atoms with Crippen molar-refractivity contribution in [3.63, 3.8) is 0 Å². The van der Waals surface area contributed by atoms with Gasteiger partial charge in [-0.15, -0.1) is 0 Å². The third kappa shape index (κ3) is 2.02. The van der Waals surface area contributed by atoms with Crippen molar-refractivity contribution in [1.29, 1.82) is 0 Å². The van der Waals surface area contributed by atoms with E-state index in [0.717, 1.165) is 25.9 Å². The van der Waals surface area contributed by atoms with Crippen LogP contribution in [-0.4, -0.2) is 29.8 Å². The molecule has 2 nitrogen and oxygen atoms in total. The van der Waals surface area contributed by atoms with Gasteiger partial charge in [-0.3, -0.25) is 9.69 Å². The molecule has 1 aromatic carbocycles. The molecule has 0 N–H and O–H groups in total. The molecule has 2 fully saturated rings. The zero-order chi connectivity index (χ0) is 11.7. The third-order valence-electron chi connectivity index (χ3n) is 4.19. The smallest absolute Gasteiger partial charge is 0.157 e. The zero-order valence-corrected chi connectivity index (χ0v) is 10.1. The third-order valence-corrected chi connectivity index (χ3v) is 4.19. The Balaban J connectivity index is 1.82. The summed E-state index contributed by atoms with van der Waals surface area (Å²) >= 11 is 0. The van der Waals surface area contributed by atoms with Crippen LogP contribution in [0.3, 0.4) is 0 Å². The van der Waals surface area contributed by atoms with Gasteiger partial charge < -0.3 is 0 Å². The van der Waals surface area contributed by atoms with Gasteiger partial charge in [-0.1, -0.05) is 36.8 Å². The summed E-state index contributed by atoms with van der Waals surface area (Å²) in [6.45, 7) is 2.22. The van der Waals surface area contributed by atoms with E-state index in [1.165, 1.54) is 18.4 Å². The summed E-state index contributed by atoms with van der Waals surface area (Å²) in [5, 5.41) is 0. The van der Waals surface area contributed by atoms with Crippen molar-refractivity contribution in [1.82, 2.24) is 4.90 Å². The van der Waals surface area contributed by atoms with E-state index in [9.17, 15) is 4.79 Å². The maximum atomic E-state index is 12.5. The molecule has 0 radical (unpaired) electrons. The predicted molar refractivity (Wildman–Crippen MR) is 68.0 cm³/mol. The molecule has 0 aromatic heterocycles. The largest absolute Gasteiger partial charge is 0.297 e. The van der Waals surface area contributed by atoms with E-state index in [1.54, 1.807) is 0 Å². The molecule has 2 aliphatic rings. The number of Topliss-reactive ketones (excluding diaryl/α,β-unsaturated/α-hetero) is 1. The van der Waals surface area contributed by atoms with Gasteiger partial charge in [0.25, 0.3) is 0 Å². The first-order chi connectivity index (χ1) is 8.36. The van der Waals surface area contributed by atoms with Gasteiger partial charge in [0.1, 0.15) is 0 Å². The van der Waals surface area contributed by atoms with Crippen molar-refractivity contribution in [2.45, 2.75) is 37.6 Å². The number of nitrogens with zero attached hydrogens (tertiary/aromatic N) is 1. The summed E-state index contributed by atoms with van der Waals surface area (Å²) in [5.41, 5.74) is 1.21. The molecule has 2 unspecified atom stereocenters. The molecule has 2 saturated heterocycles. The van der Waals surface area contributed by atoms with Crippen LogP contribution >= 0.6 is 0 Å². The highest BCUT2D eigenvalue weighted by Gasteiger charge is 2.37. The van der Waals surface area contributed by atoms with Crippen molar-refractivity contribution >= 4 is 5.78 Å². The lowest BCUT2D eigenvalue weighted by Gasteiger charge is -2.41. The van der Waals surface area contributed by atoms with Gasteiger partial charge in [0, 0.05) is 5.92 Å². The molecule has 2 heterocycles. The predicted octanol–water partition coefficient (Wildman–Crippen LogP) is 2.60. The van der Waals surface area contributed by atoms with E-state index in [1.807, 2.05) is 18.2 Å². The molecule has 0 amide bonds. The van der Waals surface area contributed by atoms with Crippen LogP contribution in [0.25, 0.3) is 0 Å². The number of carbonyl (C=O) groups is 1. The fourth-order valence-electron chi connectivity index (χ4n) is 3.27. The lowest BCUT2D eigenvalue weighted by Crippen LogP contribution is -2.51. The van der Waals surface area contributed by atoms with Gasteiger partial charge in [-0.05, 0) is 37.9 Å². The SMILES string of the molecule is O=C1C(c2ccccc2)CCN2CCCCC12. The Morgan fingerprint density at radius 1 is 1.00 bits per heavy atom. The zero-order valence-electron chi connectivity index (χ0n) is 10.1. The molecule has 0 saturated carbocycles. The fourth-order valence-corrected chi connectivity index (χ4v) is 3.27. The van der Waals surface area contributed by atoms with Crippen LogP contribution in [0.1, 0.15) is 37.2 Å². The van der Waals surface area contributed by atoms with Crippen LogP contribution in [0.15, 0.2) is 30.3 Å². The van der Waals surface area contributed by atoms with Gasteiger partial charge >= 0.3 is 0 Å². The van der Waals surface area contributed by atoms with E-state index in [2.05, 4.69) is 17.0 Å². The molecule has 0 spiro atoms. The van der Waals surface area contributed by atoms with Crippen LogP contribution in [0, 0.1) is 0 Å². The number of fused-ring (bicyclic) bond motifs is 1. The standard InChI is InChI=1S/C15H19NO/c17-15-13(12-6-2-1-3-7-12)9-11-16-10-5-4-8-14(15)16/h1-3,6-7,13-14H,4-5,8-11H2. The molecule has 2 atom stereocenters. The summed E-state index contributed by atoms with van der Waals surface area (Å²) in [5.74, 6) is 0.609. The minimum Gasteiger partial charge on any atom is -0.297 e. The van der Waals surface area contributed by atoms with Crippen LogP contribution in [-0.2, 0) is 4.79 Å². The minimum absolute atomic E-state index is 0.149. The molecule has 1 aromatic rings. The molecule has 2 heteroatoms. The van der Waals surface area contributed by atoms with E-state index >= 15 is 0 Å². The summed E-state index contributed by atoms with van der Waals surface area (Å²) in [6, 6.07) is 10.5. The fraction of sp³-hybridized carbons (Fsp3) is 0.533. The Morgan fingerprint density at radius 2 is 1.82 bits per heavy atom. The van der Waals surface area contributed by atoms with Crippen molar-refractivity contribution < 1.29 is 4.79 Å². The highest BCUT2D eigenvalue weighted by atomic mass is 16.1. The molecular formula is C15H19NO. The average molecular weight is 229 g/mol. The van der Waals surface area contributed by atoms with Gasteiger partial charge in [-0.25, -0.2) is 0 Å². The van der Waals surface area contributed by atoms with Crippen LogP contribution in [0.2, 0.25) is 0 Å². The highest BCUT2D eigenvalue weighted by Crippen LogP contribution is 2.32. The Bertz CT molecular complexity index is 401. The molecule has 17 heavy (non-hydrogen) atoms. The quantitative estimate of drug-likeness (QED) is 0.737. The number of benzene rings is 1. The topological polar surface area (TPSA) is 20.3 Å².